The fourth-order valence-electron chi connectivity index (χ4n) is 6.68. The van der Waals surface area contributed by atoms with Crippen LogP contribution in [0.25, 0.3) is 66.4 Å². The first-order valence-corrected chi connectivity index (χ1v) is 18.3. The summed E-state index contributed by atoms with van der Waals surface area (Å²) in [6, 6.07) is 42.6. The van der Waals surface area contributed by atoms with Gasteiger partial charge in [0.15, 0.2) is 0 Å². The Morgan fingerprint density at radius 1 is 0.529 bits per heavy atom. The van der Waals surface area contributed by atoms with E-state index in [1.165, 1.54) is 85.3 Å². The summed E-state index contributed by atoms with van der Waals surface area (Å²) in [6.45, 7) is 8.77. The van der Waals surface area contributed by atoms with E-state index in [0.29, 0.717) is 0 Å². The van der Waals surface area contributed by atoms with Gasteiger partial charge in [0.1, 0.15) is 0 Å². The molecule has 2 aromatic heterocycles. The van der Waals surface area contributed by atoms with Crippen molar-refractivity contribution in [2.24, 2.45) is 0 Å². The molecule has 8 aromatic rings. The fourth-order valence-corrected chi connectivity index (χ4v) is 7.55. The molecule has 1 aliphatic carbocycles. The van der Waals surface area contributed by atoms with Crippen molar-refractivity contribution in [3.8, 4) is 44.9 Å². The number of hydrogen-bond acceptors (Lipinski definition) is 2. The minimum atomic E-state index is 0. The van der Waals surface area contributed by atoms with E-state index in [4.69, 9.17) is 8.83 Å². The van der Waals surface area contributed by atoms with Gasteiger partial charge < -0.3 is 33.6 Å². The van der Waals surface area contributed by atoms with Crippen molar-refractivity contribution in [2.75, 3.05) is 0 Å². The Kier molecular flexibility index (Phi) is 12.7. The van der Waals surface area contributed by atoms with Crippen LogP contribution in [0, 0.1) is 27.7 Å². The molecule has 1 aliphatic rings. The number of hydrogen-bond donors (Lipinski definition) is 0. The maximum atomic E-state index is 5.56. The molecule has 0 spiro atoms. The summed E-state index contributed by atoms with van der Waals surface area (Å²) in [5.74, 6) is 1.84. The monoisotopic (exact) mass is 784 g/mol. The summed E-state index contributed by atoms with van der Waals surface area (Å²) in [7, 11) is 0. The van der Waals surface area contributed by atoms with Gasteiger partial charge in [-0.25, -0.2) is 0 Å². The predicted octanol–water partition coefficient (Wildman–Crippen LogP) is 7.10. The van der Waals surface area contributed by atoms with E-state index in [1.807, 2.05) is 24.3 Å². The van der Waals surface area contributed by atoms with Crippen LogP contribution in [-0.2, 0) is 24.2 Å². The zero-order chi connectivity index (χ0) is 33.9. The van der Waals surface area contributed by atoms with E-state index in [1.54, 1.807) is 40.0 Å². The molecule has 0 atom stereocenters. The molecule has 0 bridgehead atoms. The number of benzene rings is 4. The molecule has 0 unspecified atom stereocenters. The number of aryl methyl sites for hydroxylation is 2. The molecule has 0 amide bonds. The van der Waals surface area contributed by atoms with E-state index >= 15 is 0 Å². The molecule has 51 heavy (non-hydrogen) atoms. The van der Waals surface area contributed by atoms with E-state index in [9.17, 15) is 0 Å². The van der Waals surface area contributed by atoms with E-state index in [-0.39, 0.29) is 24.8 Å². The van der Waals surface area contributed by atoms with Gasteiger partial charge in [-0.05, 0) is 62.1 Å². The van der Waals surface area contributed by atoms with E-state index in [0.717, 1.165) is 22.6 Å². The van der Waals surface area contributed by atoms with Gasteiger partial charge in [0.25, 0.3) is 0 Å². The first-order chi connectivity index (χ1) is 23.9. The summed E-state index contributed by atoms with van der Waals surface area (Å²) < 4.78 is 12.9. The number of furan rings is 2. The Bertz CT molecular complexity index is 2180. The van der Waals surface area contributed by atoms with Gasteiger partial charge in [-0.3, -0.25) is 0 Å². The van der Waals surface area contributed by atoms with Crippen LogP contribution in [0.4, 0.5) is 0 Å². The summed E-state index contributed by atoms with van der Waals surface area (Å²) >= 11 is 1.67. The van der Waals surface area contributed by atoms with Gasteiger partial charge in [-0.15, -0.1) is 57.9 Å². The summed E-state index contributed by atoms with van der Waals surface area (Å²) in [4.78, 5) is 0. The third-order valence-electron chi connectivity index (χ3n) is 9.75. The van der Waals surface area contributed by atoms with E-state index in [2.05, 4.69) is 125 Å². The Morgan fingerprint density at radius 2 is 0.922 bits per heavy atom. The fraction of sp³-hybridized carbons (Fsp3) is 0.152. The summed E-state index contributed by atoms with van der Waals surface area (Å²) in [5.41, 5.74) is 12.8. The molecule has 1 saturated carbocycles. The Morgan fingerprint density at radius 3 is 1.24 bits per heavy atom. The average Bonchev–Trinajstić information content (AvgIpc) is 3.94. The SMILES string of the molecule is Cc1cc2[cH-]c(-c3ccco3)cc2c(-c2ccccc2)c1C.Cc1cc2[cH-]c(-c3ccco3)cc2c(-c2ccccc2)c1C.[Cl-].[Cl-].[Zr+2]=[C]1CCC1. The first kappa shape index (κ1) is 38.2. The average molecular weight is 787 g/mol. The normalized spacial score (nSPS) is 11.8. The van der Waals surface area contributed by atoms with Crippen LogP contribution in [0.1, 0.15) is 41.5 Å². The van der Waals surface area contributed by atoms with Crippen LogP contribution < -0.4 is 24.8 Å². The number of halogens is 2. The van der Waals surface area contributed by atoms with Crippen molar-refractivity contribution in [1.82, 2.24) is 0 Å². The molecule has 0 N–H and O–H groups in total. The van der Waals surface area contributed by atoms with Gasteiger partial charge in [0, 0.05) is 0 Å². The Balaban J connectivity index is 0.000000168. The van der Waals surface area contributed by atoms with Crippen LogP contribution in [0.2, 0.25) is 0 Å². The summed E-state index contributed by atoms with van der Waals surface area (Å²) in [6.07, 6.45) is 7.81. The van der Waals surface area contributed by atoms with Crippen LogP contribution >= 0.6 is 0 Å². The van der Waals surface area contributed by atoms with Crippen LogP contribution in [-0.4, -0.2) is 3.21 Å². The Labute approximate surface area is 328 Å². The molecule has 9 rings (SSSR count). The molecule has 5 heteroatoms. The standard InChI is InChI=1S/2C21H17O.C4H6.2ClH.Zr/c2*1-14-11-17-12-18(20-9-6-10-22-20)13-19(17)21(15(14)2)16-7-4-3-5-8-16;1-2-4-3-1;;;/h2*3-13H,1-2H3;1-3H2;2*1H;/q2*-1;;;;+2/p-2. The third-order valence-corrected chi connectivity index (χ3v) is 11.0. The molecule has 1 fully saturated rings. The first-order valence-electron chi connectivity index (χ1n) is 17.0. The molecule has 6 aromatic carbocycles. The molecule has 256 valence electrons. The predicted molar refractivity (Wildman–Crippen MR) is 203 cm³/mol. The topological polar surface area (TPSA) is 26.3 Å². The van der Waals surface area contributed by atoms with Crippen molar-refractivity contribution >= 4 is 24.8 Å². The molecule has 2 heterocycles. The van der Waals surface area contributed by atoms with Gasteiger partial charge in [0.05, 0.1) is 24.0 Å². The second-order valence-electron chi connectivity index (χ2n) is 13.0. The van der Waals surface area contributed by atoms with Crippen molar-refractivity contribution in [3.63, 3.8) is 0 Å². The van der Waals surface area contributed by atoms with Crippen molar-refractivity contribution in [1.29, 1.82) is 0 Å². The van der Waals surface area contributed by atoms with Crippen LogP contribution in [0.3, 0.4) is 0 Å². The van der Waals surface area contributed by atoms with Crippen LogP contribution in [0.5, 0.6) is 0 Å². The Hall–Kier alpha value is -4.01. The van der Waals surface area contributed by atoms with Gasteiger partial charge >= 0.3 is 46.7 Å². The van der Waals surface area contributed by atoms with E-state index < -0.39 is 0 Å². The molecular weight excluding hydrogens is 747 g/mol. The third kappa shape index (κ3) is 8.23. The molecule has 0 saturated heterocycles. The zero-order valence-electron chi connectivity index (χ0n) is 29.4. The minimum absolute atomic E-state index is 0. The number of fused-ring (bicyclic) bond motifs is 2. The number of rotatable bonds is 4. The molecule has 0 aliphatic heterocycles. The van der Waals surface area contributed by atoms with Crippen molar-refractivity contribution in [3.05, 3.63) is 156 Å². The zero-order valence-corrected chi connectivity index (χ0v) is 33.4. The summed E-state index contributed by atoms with van der Waals surface area (Å²) in [5, 5.41) is 5.13. The van der Waals surface area contributed by atoms with Crippen LogP contribution in [0.15, 0.2) is 143 Å². The van der Waals surface area contributed by atoms with Gasteiger partial charge in [0.2, 0.25) is 0 Å². The van der Waals surface area contributed by atoms with Crippen molar-refractivity contribution in [2.45, 2.75) is 47.0 Å². The molecular formula is C46H40Cl2O2Zr-2. The van der Waals surface area contributed by atoms with Crippen molar-refractivity contribution < 1.29 is 57.9 Å². The maximum absolute atomic E-state index is 5.56. The molecule has 0 radical (unpaired) electrons. The molecule has 2 nitrogen and oxygen atoms in total. The van der Waals surface area contributed by atoms with Gasteiger partial charge in [-0.2, -0.15) is 0 Å². The van der Waals surface area contributed by atoms with Gasteiger partial charge in [-0.1, -0.05) is 106 Å². The second-order valence-corrected chi connectivity index (χ2v) is 14.8. The second kappa shape index (κ2) is 17.0. The quantitative estimate of drug-likeness (QED) is 0.178.